The van der Waals surface area contributed by atoms with Crippen LogP contribution >= 0.6 is 33.9 Å². The number of rotatable bonds is 3. The number of nitrogens with one attached hydrogen (secondary N) is 1. The van der Waals surface area contributed by atoms with Gasteiger partial charge in [-0.05, 0) is 19.9 Å². The van der Waals surface area contributed by atoms with Gasteiger partial charge >= 0.3 is 0 Å². The minimum atomic E-state index is -4.38. The van der Waals surface area contributed by atoms with Crippen molar-refractivity contribution in [2.45, 2.75) is 24.8 Å². The molecule has 0 bridgehead atoms. The average molecular weight is 349 g/mol. The van der Waals surface area contributed by atoms with Crippen LogP contribution < -0.4 is 5.32 Å². The molecule has 0 unspecified atom stereocenters. The fourth-order valence-electron chi connectivity index (χ4n) is 1.30. The molecule has 1 aromatic carbocycles. The van der Waals surface area contributed by atoms with Crippen molar-refractivity contribution in [2.75, 3.05) is 0 Å². The maximum atomic E-state index is 13.6. The van der Waals surface area contributed by atoms with E-state index in [0.29, 0.717) is 0 Å². The Hall–Kier alpha value is -0.560. The van der Waals surface area contributed by atoms with E-state index in [9.17, 15) is 17.6 Å². The molecule has 0 saturated carbocycles. The molecule has 19 heavy (non-hydrogen) atoms. The average Bonchev–Trinajstić information content (AvgIpc) is 2.20. The molecule has 0 spiro atoms. The van der Waals surface area contributed by atoms with Gasteiger partial charge in [0.1, 0.15) is 10.7 Å². The summed E-state index contributed by atoms with van der Waals surface area (Å²) in [4.78, 5) is 11.0. The monoisotopic (exact) mass is 347 g/mol. The van der Waals surface area contributed by atoms with E-state index in [4.69, 9.17) is 33.9 Å². The van der Waals surface area contributed by atoms with Gasteiger partial charge < -0.3 is 5.32 Å². The first kappa shape index (κ1) is 16.5. The number of benzene rings is 1. The molecular formula is C10H9Cl3FNO3S. The van der Waals surface area contributed by atoms with Crippen LogP contribution in [0.15, 0.2) is 11.0 Å². The second-order valence-electron chi connectivity index (χ2n) is 3.93. The molecule has 4 nitrogen and oxygen atoms in total. The van der Waals surface area contributed by atoms with E-state index in [-0.39, 0.29) is 11.6 Å². The van der Waals surface area contributed by atoms with Crippen molar-refractivity contribution in [3.63, 3.8) is 0 Å². The summed E-state index contributed by atoms with van der Waals surface area (Å²) in [7, 11) is 0.746. The molecule has 1 N–H and O–H groups in total. The van der Waals surface area contributed by atoms with Crippen LogP contribution in [-0.2, 0) is 9.05 Å². The number of carbonyl (C=O) groups is 1. The Morgan fingerprint density at radius 2 is 1.84 bits per heavy atom. The molecule has 0 aliphatic rings. The van der Waals surface area contributed by atoms with E-state index < -0.39 is 35.7 Å². The number of amides is 1. The Bertz CT molecular complexity index is 631. The Morgan fingerprint density at radius 3 is 2.26 bits per heavy atom. The highest BCUT2D eigenvalue weighted by Gasteiger charge is 2.27. The van der Waals surface area contributed by atoms with E-state index in [1.54, 1.807) is 13.8 Å². The molecular weight excluding hydrogens is 340 g/mol. The van der Waals surface area contributed by atoms with E-state index in [1.165, 1.54) is 0 Å². The molecule has 1 aromatic rings. The zero-order chi connectivity index (χ0) is 15.0. The highest BCUT2D eigenvalue weighted by molar-refractivity contribution is 8.14. The van der Waals surface area contributed by atoms with Crippen LogP contribution in [0, 0.1) is 5.82 Å². The van der Waals surface area contributed by atoms with Crippen LogP contribution in [0.4, 0.5) is 4.39 Å². The quantitative estimate of drug-likeness (QED) is 0.674. The van der Waals surface area contributed by atoms with E-state index in [0.717, 1.165) is 6.07 Å². The second-order valence-corrected chi connectivity index (χ2v) is 7.19. The van der Waals surface area contributed by atoms with E-state index in [2.05, 4.69) is 5.32 Å². The van der Waals surface area contributed by atoms with Crippen LogP contribution in [-0.4, -0.2) is 20.4 Å². The summed E-state index contributed by atoms with van der Waals surface area (Å²) < 4.78 is 36.2. The van der Waals surface area contributed by atoms with Crippen LogP contribution in [0.25, 0.3) is 0 Å². The molecule has 0 aliphatic heterocycles. The molecule has 0 aliphatic carbocycles. The number of hydrogen-bond donors (Lipinski definition) is 1. The summed E-state index contributed by atoms with van der Waals surface area (Å²) in [6.45, 7) is 3.36. The molecule has 0 saturated heterocycles. The van der Waals surface area contributed by atoms with Crippen molar-refractivity contribution < 1.29 is 17.6 Å². The molecule has 1 rings (SSSR count). The molecule has 0 aromatic heterocycles. The van der Waals surface area contributed by atoms with Gasteiger partial charge in [-0.25, -0.2) is 12.8 Å². The fraction of sp³-hybridized carbons (Fsp3) is 0.300. The van der Waals surface area contributed by atoms with Gasteiger partial charge in [-0.2, -0.15) is 0 Å². The Morgan fingerprint density at radius 1 is 1.32 bits per heavy atom. The normalized spacial score (nSPS) is 11.7. The summed E-state index contributed by atoms with van der Waals surface area (Å²) in [5.41, 5.74) is -0.350. The lowest BCUT2D eigenvalue weighted by Gasteiger charge is -2.12. The first-order valence-corrected chi connectivity index (χ1v) is 8.05. The third kappa shape index (κ3) is 3.72. The lowest BCUT2D eigenvalue weighted by atomic mass is 10.2. The van der Waals surface area contributed by atoms with Gasteiger partial charge in [0.15, 0.2) is 0 Å². The van der Waals surface area contributed by atoms with Crippen molar-refractivity contribution >= 4 is 48.8 Å². The van der Waals surface area contributed by atoms with Gasteiger partial charge in [0.25, 0.3) is 15.0 Å². The van der Waals surface area contributed by atoms with Gasteiger partial charge in [0.2, 0.25) is 0 Å². The highest BCUT2D eigenvalue weighted by Crippen LogP contribution is 2.36. The summed E-state index contributed by atoms with van der Waals surface area (Å²) in [5.74, 6) is -1.82. The summed E-state index contributed by atoms with van der Waals surface area (Å²) in [6, 6.07) is 0.520. The largest absolute Gasteiger partial charge is 0.350 e. The Kier molecular flexibility index (Phi) is 5.06. The maximum Gasteiger partial charge on any atom is 0.264 e. The number of carbonyl (C=O) groups excluding carboxylic acids is 1. The zero-order valence-electron chi connectivity index (χ0n) is 9.80. The third-order valence-electron chi connectivity index (χ3n) is 2.02. The predicted molar refractivity (Wildman–Crippen MR) is 72.1 cm³/mol. The van der Waals surface area contributed by atoms with Crippen molar-refractivity contribution in [3.05, 3.63) is 27.5 Å². The molecule has 0 radical (unpaired) electrons. The molecule has 1 amide bonds. The molecule has 0 heterocycles. The minimum absolute atomic E-state index is 0.238. The standard InChI is InChI=1S/C10H9Cl3FNO3S/c1-4(2)15-10(16)5-3-6(14)8(12)9(7(5)11)19(13,17)18/h3-4H,1-2H3,(H,15,16). The van der Waals surface area contributed by atoms with Crippen molar-refractivity contribution in [1.82, 2.24) is 5.32 Å². The number of hydrogen-bond acceptors (Lipinski definition) is 3. The van der Waals surface area contributed by atoms with Gasteiger partial charge in [0, 0.05) is 16.7 Å². The molecule has 0 fully saturated rings. The van der Waals surface area contributed by atoms with Crippen molar-refractivity contribution in [1.29, 1.82) is 0 Å². The topological polar surface area (TPSA) is 63.2 Å². The zero-order valence-corrected chi connectivity index (χ0v) is 12.9. The molecule has 0 atom stereocenters. The van der Waals surface area contributed by atoms with Crippen molar-refractivity contribution in [2.24, 2.45) is 0 Å². The molecule has 106 valence electrons. The lowest BCUT2D eigenvalue weighted by Crippen LogP contribution is -2.30. The van der Waals surface area contributed by atoms with Gasteiger partial charge in [0.05, 0.1) is 15.6 Å². The number of halogens is 4. The summed E-state index contributed by atoms with van der Waals surface area (Å²) in [6.07, 6.45) is 0. The Labute approximate surface area is 124 Å². The van der Waals surface area contributed by atoms with E-state index >= 15 is 0 Å². The van der Waals surface area contributed by atoms with Gasteiger partial charge in [-0.15, -0.1) is 0 Å². The van der Waals surface area contributed by atoms with Crippen LogP contribution in [0.3, 0.4) is 0 Å². The van der Waals surface area contributed by atoms with E-state index in [1.807, 2.05) is 0 Å². The predicted octanol–water partition coefficient (Wildman–Crippen LogP) is 3.20. The minimum Gasteiger partial charge on any atom is -0.350 e. The maximum absolute atomic E-state index is 13.6. The van der Waals surface area contributed by atoms with Gasteiger partial charge in [-0.3, -0.25) is 4.79 Å². The third-order valence-corrected chi connectivity index (χ3v) is 4.37. The summed E-state index contributed by atoms with van der Waals surface area (Å²) >= 11 is 11.3. The smallest absolute Gasteiger partial charge is 0.264 e. The van der Waals surface area contributed by atoms with Crippen LogP contribution in [0.2, 0.25) is 10.0 Å². The fourth-order valence-corrected chi connectivity index (χ4v) is 3.68. The second kappa shape index (κ2) is 5.83. The SMILES string of the molecule is CC(C)NC(=O)c1cc(F)c(Cl)c(S(=O)(=O)Cl)c1Cl. The first-order valence-electron chi connectivity index (χ1n) is 4.98. The van der Waals surface area contributed by atoms with Crippen LogP contribution in [0.1, 0.15) is 24.2 Å². The Balaban J connectivity index is 3.54. The van der Waals surface area contributed by atoms with Crippen LogP contribution in [0.5, 0.6) is 0 Å². The van der Waals surface area contributed by atoms with Gasteiger partial charge in [-0.1, -0.05) is 23.2 Å². The summed E-state index contributed by atoms with van der Waals surface area (Å²) in [5, 5.41) is 1.19. The lowest BCUT2D eigenvalue weighted by molar-refractivity contribution is 0.0942. The molecule has 9 heteroatoms. The van der Waals surface area contributed by atoms with Crippen molar-refractivity contribution in [3.8, 4) is 0 Å². The highest BCUT2D eigenvalue weighted by atomic mass is 35.7. The first-order chi connectivity index (χ1) is 8.55.